The van der Waals surface area contributed by atoms with Gasteiger partial charge in [-0.2, -0.15) is 0 Å². The first-order chi connectivity index (χ1) is 27.8. The van der Waals surface area contributed by atoms with Crippen molar-refractivity contribution in [2.75, 3.05) is 4.90 Å². The zero-order valence-corrected chi connectivity index (χ0v) is 30.7. The molecule has 1 heterocycles. The highest BCUT2D eigenvalue weighted by atomic mass is 15.1. The summed E-state index contributed by atoms with van der Waals surface area (Å²) < 4.78 is 2.46. The third kappa shape index (κ3) is 5.19. The molecule has 11 rings (SSSR count). The SMILES string of the molecule is c1ccc(-c2ccc(N(c3ccc(-c4cccc5ccccc45)cc3)c3ccc4c(c3)c3c5ccccc5c5ccccc5c3n4-c3ccccc3)cc2)cc1. The van der Waals surface area contributed by atoms with Crippen molar-refractivity contribution in [3.63, 3.8) is 0 Å². The highest BCUT2D eigenvalue weighted by molar-refractivity contribution is 6.32. The molecule has 0 fully saturated rings. The second-order valence-electron chi connectivity index (χ2n) is 14.5. The second-order valence-corrected chi connectivity index (χ2v) is 14.5. The number of rotatable bonds is 6. The molecule has 0 aliphatic rings. The van der Waals surface area contributed by atoms with Crippen LogP contribution in [-0.4, -0.2) is 4.57 Å². The van der Waals surface area contributed by atoms with Crippen molar-refractivity contribution in [2.45, 2.75) is 0 Å². The molecule has 0 aliphatic carbocycles. The van der Waals surface area contributed by atoms with E-state index in [-0.39, 0.29) is 0 Å². The Hall–Kier alpha value is -7.42. The molecule has 0 saturated carbocycles. The number of para-hydroxylation sites is 1. The van der Waals surface area contributed by atoms with Gasteiger partial charge in [0.25, 0.3) is 0 Å². The van der Waals surface area contributed by atoms with E-state index in [0.29, 0.717) is 0 Å². The number of nitrogens with zero attached hydrogens (tertiary/aromatic N) is 2. The van der Waals surface area contributed by atoms with E-state index in [0.717, 1.165) is 22.7 Å². The van der Waals surface area contributed by atoms with Crippen LogP contribution in [0.5, 0.6) is 0 Å². The van der Waals surface area contributed by atoms with Gasteiger partial charge in [0.2, 0.25) is 0 Å². The average molecular weight is 713 g/mol. The molecule has 262 valence electrons. The molecule has 0 radical (unpaired) electrons. The summed E-state index contributed by atoms with van der Waals surface area (Å²) in [5.74, 6) is 0. The van der Waals surface area contributed by atoms with Gasteiger partial charge in [-0.05, 0) is 104 Å². The standard InChI is InChI=1S/C54H36N2/c1-3-14-37(15-4-1)38-26-30-42(31-27-38)55(43-32-28-40(29-33-43)46-25-13-17-39-16-7-8-20-45(39)46)44-34-35-52-51(36-44)53-49-23-11-9-21-47(49)48-22-10-12-24-50(48)54(53)56(52)41-18-5-2-6-19-41/h1-36H. The molecule has 0 bridgehead atoms. The van der Waals surface area contributed by atoms with E-state index < -0.39 is 0 Å². The van der Waals surface area contributed by atoms with E-state index in [2.05, 4.69) is 228 Å². The predicted molar refractivity (Wildman–Crippen MR) is 239 cm³/mol. The van der Waals surface area contributed by atoms with E-state index in [4.69, 9.17) is 0 Å². The van der Waals surface area contributed by atoms with Crippen LogP contribution in [0.1, 0.15) is 0 Å². The number of hydrogen-bond acceptors (Lipinski definition) is 1. The van der Waals surface area contributed by atoms with Crippen LogP contribution in [0.2, 0.25) is 0 Å². The van der Waals surface area contributed by atoms with Gasteiger partial charge in [0, 0.05) is 38.9 Å². The fraction of sp³-hybridized carbons (Fsp3) is 0. The first kappa shape index (κ1) is 32.0. The summed E-state index contributed by atoms with van der Waals surface area (Å²) in [6.45, 7) is 0. The lowest BCUT2D eigenvalue weighted by Crippen LogP contribution is -2.10. The van der Waals surface area contributed by atoms with Crippen LogP contribution in [0.15, 0.2) is 218 Å². The maximum Gasteiger partial charge on any atom is 0.0625 e. The smallest absolute Gasteiger partial charge is 0.0625 e. The topological polar surface area (TPSA) is 8.17 Å². The fourth-order valence-corrected chi connectivity index (χ4v) is 8.80. The fourth-order valence-electron chi connectivity index (χ4n) is 8.80. The third-order valence-corrected chi connectivity index (χ3v) is 11.4. The van der Waals surface area contributed by atoms with Gasteiger partial charge in [0.1, 0.15) is 0 Å². The maximum atomic E-state index is 2.46. The van der Waals surface area contributed by atoms with Crippen LogP contribution in [-0.2, 0) is 0 Å². The van der Waals surface area contributed by atoms with E-state index in [1.165, 1.54) is 76.4 Å². The van der Waals surface area contributed by atoms with Gasteiger partial charge in [-0.1, -0.05) is 164 Å². The molecule has 56 heavy (non-hydrogen) atoms. The average Bonchev–Trinajstić information content (AvgIpc) is 3.63. The van der Waals surface area contributed by atoms with Crippen molar-refractivity contribution in [3.8, 4) is 27.9 Å². The Morgan fingerprint density at radius 2 is 0.839 bits per heavy atom. The highest BCUT2D eigenvalue weighted by Gasteiger charge is 2.21. The van der Waals surface area contributed by atoms with Crippen molar-refractivity contribution in [1.29, 1.82) is 0 Å². The Balaban J connectivity index is 1.15. The van der Waals surface area contributed by atoms with E-state index in [1.807, 2.05) is 0 Å². The van der Waals surface area contributed by atoms with Gasteiger partial charge >= 0.3 is 0 Å². The van der Waals surface area contributed by atoms with Gasteiger partial charge in [-0.3, -0.25) is 0 Å². The molecule has 1 aromatic heterocycles. The molecule has 11 aromatic rings. The molecule has 2 nitrogen and oxygen atoms in total. The van der Waals surface area contributed by atoms with Crippen molar-refractivity contribution in [3.05, 3.63) is 218 Å². The maximum absolute atomic E-state index is 2.46. The number of aromatic nitrogens is 1. The number of anilines is 3. The van der Waals surface area contributed by atoms with E-state index in [9.17, 15) is 0 Å². The first-order valence-electron chi connectivity index (χ1n) is 19.3. The van der Waals surface area contributed by atoms with Crippen molar-refractivity contribution >= 4 is 71.2 Å². The van der Waals surface area contributed by atoms with Crippen molar-refractivity contribution < 1.29 is 0 Å². The van der Waals surface area contributed by atoms with Gasteiger partial charge in [-0.15, -0.1) is 0 Å². The van der Waals surface area contributed by atoms with Crippen molar-refractivity contribution in [1.82, 2.24) is 4.57 Å². The van der Waals surface area contributed by atoms with E-state index in [1.54, 1.807) is 0 Å². The van der Waals surface area contributed by atoms with Gasteiger partial charge in [0.05, 0.1) is 11.0 Å². The van der Waals surface area contributed by atoms with Crippen LogP contribution in [0, 0.1) is 0 Å². The summed E-state index contributed by atoms with van der Waals surface area (Å²) in [5, 5.41) is 10.0. The zero-order chi connectivity index (χ0) is 37.0. The molecular formula is C54H36N2. The Morgan fingerprint density at radius 3 is 1.55 bits per heavy atom. The Morgan fingerprint density at radius 1 is 0.321 bits per heavy atom. The molecule has 2 heteroatoms. The lowest BCUT2D eigenvalue weighted by Gasteiger charge is -2.26. The third-order valence-electron chi connectivity index (χ3n) is 11.4. The molecule has 0 spiro atoms. The van der Waals surface area contributed by atoms with Crippen LogP contribution in [0.25, 0.3) is 82.1 Å². The summed E-state index contributed by atoms with van der Waals surface area (Å²) in [6, 6.07) is 79.4. The summed E-state index contributed by atoms with van der Waals surface area (Å²) in [7, 11) is 0. The summed E-state index contributed by atoms with van der Waals surface area (Å²) in [6.07, 6.45) is 0. The first-order valence-corrected chi connectivity index (χ1v) is 19.3. The Labute approximate surface area is 325 Å². The molecule has 10 aromatic carbocycles. The summed E-state index contributed by atoms with van der Waals surface area (Å²) in [5.41, 5.74) is 11.7. The largest absolute Gasteiger partial charge is 0.310 e. The number of benzene rings is 10. The van der Waals surface area contributed by atoms with Gasteiger partial charge in [0.15, 0.2) is 0 Å². The van der Waals surface area contributed by atoms with Crippen LogP contribution >= 0.6 is 0 Å². The molecular weight excluding hydrogens is 677 g/mol. The van der Waals surface area contributed by atoms with Crippen LogP contribution < -0.4 is 4.90 Å². The minimum Gasteiger partial charge on any atom is -0.310 e. The van der Waals surface area contributed by atoms with Crippen LogP contribution in [0.3, 0.4) is 0 Å². The minimum atomic E-state index is 1.10. The predicted octanol–water partition coefficient (Wildman–Crippen LogP) is 15.0. The number of fused-ring (bicyclic) bond motifs is 9. The molecule has 0 aliphatic heterocycles. The summed E-state index contributed by atoms with van der Waals surface area (Å²) >= 11 is 0. The lowest BCUT2D eigenvalue weighted by molar-refractivity contribution is 1.18. The van der Waals surface area contributed by atoms with E-state index >= 15 is 0 Å². The second kappa shape index (κ2) is 13.2. The molecule has 0 N–H and O–H groups in total. The highest BCUT2D eigenvalue weighted by Crippen LogP contribution is 2.45. The molecule has 0 unspecified atom stereocenters. The number of hydrogen-bond donors (Lipinski definition) is 0. The lowest BCUT2D eigenvalue weighted by atomic mass is 9.96. The Bertz CT molecular complexity index is 3210. The zero-order valence-electron chi connectivity index (χ0n) is 30.7. The summed E-state index contributed by atoms with van der Waals surface area (Å²) in [4.78, 5) is 2.40. The minimum absolute atomic E-state index is 1.10. The molecule has 0 atom stereocenters. The van der Waals surface area contributed by atoms with Gasteiger partial charge in [-0.25, -0.2) is 0 Å². The Kier molecular flexibility index (Phi) is 7.53. The van der Waals surface area contributed by atoms with Crippen LogP contribution in [0.4, 0.5) is 17.1 Å². The monoisotopic (exact) mass is 712 g/mol. The normalized spacial score (nSPS) is 11.6. The quantitative estimate of drug-likeness (QED) is 0.156. The molecule has 0 amide bonds. The van der Waals surface area contributed by atoms with Crippen molar-refractivity contribution in [2.24, 2.45) is 0 Å². The van der Waals surface area contributed by atoms with Gasteiger partial charge < -0.3 is 9.47 Å². The molecule has 0 saturated heterocycles.